The number of hydrogen-bond acceptors (Lipinski definition) is 5. The van der Waals surface area contributed by atoms with Gasteiger partial charge in [0.05, 0.1) is 24.5 Å². The molecule has 2 rings (SSSR count). The monoisotopic (exact) mass is 333 g/mol. The molecule has 124 valence electrons. The van der Waals surface area contributed by atoms with E-state index in [9.17, 15) is 4.79 Å². The highest BCUT2D eigenvalue weighted by molar-refractivity contribution is 7.98. The molecule has 1 aromatic heterocycles. The summed E-state index contributed by atoms with van der Waals surface area (Å²) in [6.07, 6.45) is 3.83. The first-order chi connectivity index (χ1) is 11.1. The summed E-state index contributed by atoms with van der Waals surface area (Å²) in [6, 6.07) is 6.14. The molecule has 0 unspecified atom stereocenters. The minimum Gasteiger partial charge on any atom is -0.494 e. The molecule has 6 heteroatoms. The summed E-state index contributed by atoms with van der Waals surface area (Å²) < 4.78 is 5.60. The molecule has 0 spiro atoms. The van der Waals surface area contributed by atoms with Gasteiger partial charge in [0.2, 0.25) is 5.91 Å². The minimum atomic E-state index is 0.0857. The third kappa shape index (κ3) is 4.07. The van der Waals surface area contributed by atoms with E-state index in [0.717, 1.165) is 22.3 Å². The topological polar surface area (TPSA) is 54.5 Å². The average Bonchev–Trinajstić information content (AvgIpc) is 2.57. The van der Waals surface area contributed by atoms with Gasteiger partial charge in [-0.15, -0.1) is 11.8 Å². The van der Waals surface area contributed by atoms with Gasteiger partial charge >= 0.3 is 0 Å². The van der Waals surface area contributed by atoms with Crippen molar-refractivity contribution >= 4 is 34.3 Å². The maximum Gasteiger partial charge on any atom is 0.219 e. The van der Waals surface area contributed by atoms with Gasteiger partial charge in [0.1, 0.15) is 0 Å². The van der Waals surface area contributed by atoms with Crippen LogP contribution in [0.2, 0.25) is 0 Å². The molecule has 5 nitrogen and oxygen atoms in total. The van der Waals surface area contributed by atoms with Crippen LogP contribution in [0.3, 0.4) is 0 Å². The molecule has 0 aliphatic carbocycles. The van der Waals surface area contributed by atoms with Crippen molar-refractivity contribution in [2.45, 2.75) is 18.7 Å². The smallest absolute Gasteiger partial charge is 0.219 e. The molecule has 0 fully saturated rings. The van der Waals surface area contributed by atoms with Crippen LogP contribution in [0.1, 0.15) is 13.8 Å². The number of ether oxygens (including phenoxy) is 1. The number of rotatable bonds is 7. The Bertz CT molecular complexity index is 691. The van der Waals surface area contributed by atoms with Crippen molar-refractivity contribution in [1.82, 2.24) is 9.88 Å². The molecule has 0 bridgehead atoms. The van der Waals surface area contributed by atoms with E-state index in [1.54, 1.807) is 36.9 Å². The summed E-state index contributed by atoms with van der Waals surface area (Å²) in [4.78, 5) is 18.9. The van der Waals surface area contributed by atoms with Crippen molar-refractivity contribution in [2.24, 2.45) is 0 Å². The second-order valence-corrected chi connectivity index (χ2v) is 5.99. The number of amides is 1. The molecule has 0 radical (unpaired) electrons. The van der Waals surface area contributed by atoms with Crippen molar-refractivity contribution in [3.8, 4) is 5.75 Å². The molecule has 0 saturated carbocycles. The van der Waals surface area contributed by atoms with Gasteiger partial charge in [-0.3, -0.25) is 9.78 Å². The number of pyridine rings is 1. The van der Waals surface area contributed by atoms with E-state index in [1.165, 1.54) is 4.90 Å². The van der Waals surface area contributed by atoms with E-state index in [0.29, 0.717) is 19.6 Å². The normalized spacial score (nSPS) is 10.6. The lowest BCUT2D eigenvalue weighted by atomic mass is 10.2. The van der Waals surface area contributed by atoms with Crippen molar-refractivity contribution in [2.75, 3.05) is 38.3 Å². The van der Waals surface area contributed by atoms with E-state index in [2.05, 4.69) is 22.4 Å². The molecule has 0 aliphatic rings. The average molecular weight is 333 g/mol. The Morgan fingerprint density at radius 2 is 2.22 bits per heavy atom. The van der Waals surface area contributed by atoms with Crippen molar-refractivity contribution in [3.05, 3.63) is 24.4 Å². The highest BCUT2D eigenvalue weighted by Crippen LogP contribution is 2.34. The summed E-state index contributed by atoms with van der Waals surface area (Å²) in [7, 11) is 1.67. The molecular formula is C17H23N3O2S. The Hall–Kier alpha value is -1.95. The zero-order chi connectivity index (χ0) is 16.8. The first kappa shape index (κ1) is 17.4. The van der Waals surface area contributed by atoms with Gasteiger partial charge in [0, 0.05) is 36.8 Å². The van der Waals surface area contributed by atoms with Crippen LogP contribution >= 0.6 is 11.8 Å². The summed E-state index contributed by atoms with van der Waals surface area (Å²) in [6.45, 7) is 5.58. The van der Waals surface area contributed by atoms with Crippen LogP contribution in [0.4, 0.5) is 5.69 Å². The minimum absolute atomic E-state index is 0.0857. The van der Waals surface area contributed by atoms with Crippen LogP contribution in [0, 0.1) is 0 Å². The number of benzene rings is 1. The number of methoxy groups -OCH3 is 1. The Kier molecular flexibility index (Phi) is 6.10. The lowest BCUT2D eigenvalue weighted by Crippen LogP contribution is -2.33. The van der Waals surface area contributed by atoms with Gasteiger partial charge < -0.3 is 15.0 Å². The number of hydrogen-bond donors (Lipinski definition) is 1. The van der Waals surface area contributed by atoms with Crippen molar-refractivity contribution < 1.29 is 9.53 Å². The Morgan fingerprint density at radius 1 is 1.43 bits per heavy atom. The number of nitrogens with zero attached hydrogens (tertiary/aromatic N) is 2. The molecule has 2 aromatic rings. The molecule has 0 aliphatic heterocycles. The van der Waals surface area contributed by atoms with E-state index >= 15 is 0 Å². The number of likely N-dealkylation sites (N-methyl/N-ethyl adjacent to an activating group) is 1. The largest absolute Gasteiger partial charge is 0.494 e. The van der Waals surface area contributed by atoms with Crippen LogP contribution in [-0.4, -0.2) is 48.8 Å². The molecule has 0 saturated heterocycles. The Balaban J connectivity index is 2.21. The SMILES string of the molecule is CCN(CCNc1cnc2ccc(SC)cc2c1OC)C(C)=O. The second-order valence-electron chi connectivity index (χ2n) is 5.11. The molecule has 1 heterocycles. The highest BCUT2D eigenvalue weighted by atomic mass is 32.2. The number of anilines is 1. The summed E-state index contributed by atoms with van der Waals surface area (Å²) in [5.41, 5.74) is 1.75. The molecule has 1 amide bonds. The quantitative estimate of drug-likeness (QED) is 0.788. The van der Waals surface area contributed by atoms with Gasteiger partial charge in [-0.25, -0.2) is 0 Å². The predicted molar refractivity (Wildman–Crippen MR) is 96.5 cm³/mol. The molecule has 0 atom stereocenters. The van der Waals surface area contributed by atoms with Crippen LogP contribution < -0.4 is 10.1 Å². The fourth-order valence-corrected chi connectivity index (χ4v) is 2.92. The zero-order valence-corrected chi connectivity index (χ0v) is 14.9. The standard InChI is InChI=1S/C17H23N3O2S/c1-5-20(12(2)21)9-8-18-16-11-19-15-7-6-13(23-4)10-14(15)17(16)22-3/h6-7,10-11,18H,5,8-9H2,1-4H3. The number of carbonyl (C=O) groups is 1. The van der Waals surface area contributed by atoms with E-state index < -0.39 is 0 Å². The lowest BCUT2D eigenvalue weighted by Gasteiger charge is -2.20. The number of aromatic nitrogens is 1. The highest BCUT2D eigenvalue weighted by Gasteiger charge is 2.11. The first-order valence-corrected chi connectivity index (χ1v) is 8.83. The van der Waals surface area contributed by atoms with E-state index in [1.807, 2.05) is 19.2 Å². The van der Waals surface area contributed by atoms with Gasteiger partial charge in [-0.2, -0.15) is 0 Å². The predicted octanol–water partition coefficient (Wildman–Crippen LogP) is 3.25. The summed E-state index contributed by atoms with van der Waals surface area (Å²) in [5, 5.41) is 4.31. The number of nitrogens with one attached hydrogen (secondary N) is 1. The summed E-state index contributed by atoms with van der Waals surface area (Å²) in [5.74, 6) is 0.874. The van der Waals surface area contributed by atoms with Crippen LogP contribution in [0.25, 0.3) is 10.9 Å². The fraction of sp³-hybridized carbons (Fsp3) is 0.412. The zero-order valence-electron chi connectivity index (χ0n) is 14.0. The molecule has 1 N–H and O–H groups in total. The Morgan fingerprint density at radius 3 is 2.83 bits per heavy atom. The summed E-state index contributed by atoms with van der Waals surface area (Å²) >= 11 is 1.69. The maximum atomic E-state index is 11.4. The van der Waals surface area contributed by atoms with Crippen molar-refractivity contribution in [3.63, 3.8) is 0 Å². The van der Waals surface area contributed by atoms with Crippen LogP contribution in [0.5, 0.6) is 5.75 Å². The van der Waals surface area contributed by atoms with Gasteiger partial charge in [0.25, 0.3) is 0 Å². The third-order valence-corrected chi connectivity index (χ3v) is 4.48. The third-order valence-electron chi connectivity index (χ3n) is 3.75. The number of fused-ring (bicyclic) bond motifs is 1. The van der Waals surface area contributed by atoms with Gasteiger partial charge in [-0.05, 0) is 31.4 Å². The Labute approximate surface area is 141 Å². The molecule has 23 heavy (non-hydrogen) atoms. The molecule has 1 aromatic carbocycles. The van der Waals surface area contributed by atoms with Gasteiger partial charge in [0.15, 0.2) is 5.75 Å². The van der Waals surface area contributed by atoms with Crippen molar-refractivity contribution in [1.29, 1.82) is 0 Å². The lowest BCUT2D eigenvalue weighted by molar-refractivity contribution is -0.128. The van der Waals surface area contributed by atoms with Gasteiger partial charge in [-0.1, -0.05) is 0 Å². The maximum absolute atomic E-state index is 11.4. The van der Waals surface area contributed by atoms with E-state index in [4.69, 9.17) is 4.74 Å². The van der Waals surface area contributed by atoms with Crippen LogP contribution in [0.15, 0.2) is 29.3 Å². The molecular weight excluding hydrogens is 310 g/mol. The van der Waals surface area contributed by atoms with E-state index in [-0.39, 0.29) is 5.91 Å². The second kappa shape index (κ2) is 8.06. The van der Waals surface area contributed by atoms with Crippen LogP contribution in [-0.2, 0) is 4.79 Å². The number of thioether (sulfide) groups is 1. The fourth-order valence-electron chi connectivity index (χ4n) is 2.48. The number of carbonyl (C=O) groups excluding carboxylic acids is 1. The first-order valence-electron chi connectivity index (χ1n) is 7.60.